The molecule has 7 nitrogen and oxygen atoms in total. The number of amides is 1. The highest BCUT2D eigenvalue weighted by atomic mass is 16.5. The Hall–Kier alpha value is -3.22. The van der Waals surface area contributed by atoms with Crippen LogP contribution in [0.4, 0.5) is 0 Å². The van der Waals surface area contributed by atoms with Crippen molar-refractivity contribution in [1.82, 2.24) is 25.1 Å². The Morgan fingerprint density at radius 2 is 1.96 bits per heavy atom. The first-order valence-electron chi connectivity index (χ1n) is 8.35. The second kappa shape index (κ2) is 7.77. The highest BCUT2D eigenvalue weighted by Gasteiger charge is 2.19. The van der Waals surface area contributed by atoms with Gasteiger partial charge in [0.05, 0.1) is 19.0 Å². The van der Waals surface area contributed by atoms with Crippen LogP contribution in [0.3, 0.4) is 0 Å². The third-order valence-corrected chi connectivity index (χ3v) is 4.15. The molecular weight excluding hydrogens is 330 g/mol. The lowest BCUT2D eigenvalue weighted by Crippen LogP contribution is -2.30. The molecule has 1 atom stereocenters. The number of hydrogen-bond acceptors (Lipinski definition) is 5. The average Bonchev–Trinajstić information content (AvgIpc) is 3.08. The lowest BCUT2D eigenvalue weighted by atomic mass is 10.0. The number of carbonyl (C=O) groups excluding carboxylic acids is 1. The maximum atomic E-state index is 12.6. The van der Waals surface area contributed by atoms with Gasteiger partial charge >= 0.3 is 0 Å². The molecule has 3 rings (SSSR count). The molecule has 1 N–H and O–H groups in total. The summed E-state index contributed by atoms with van der Waals surface area (Å²) < 4.78 is 6.75. The van der Waals surface area contributed by atoms with E-state index in [-0.39, 0.29) is 17.6 Å². The summed E-state index contributed by atoms with van der Waals surface area (Å²) in [7, 11) is 1.55. The number of rotatable bonds is 6. The summed E-state index contributed by atoms with van der Waals surface area (Å²) in [6, 6.07) is 13.6. The van der Waals surface area contributed by atoms with Crippen LogP contribution in [0, 0.1) is 6.92 Å². The Balaban J connectivity index is 1.76. The highest BCUT2D eigenvalue weighted by molar-refractivity contribution is 5.91. The lowest BCUT2D eigenvalue weighted by molar-refractivity contribution is 0.0939. The fraction of sp³-hybridized carbons (Fsp3) is 0.263. The quantitative estimate of drug-likeness (QED) is 0.738. The number of ether oxygens (including phenoxy) is 1. The van der Waals surface area contributed by atoms with Crippen LogP contribution >= 0.6 is 0 Å². The largest absolute Gasteiger partial charge is 0.481 e. The summed E-state index contributed by atoms with van der Waals surface area (Å²) in [5, 5.41) is 11.0. The molecule has 7 heteroatoms. The van der Waals surface area contributed by atoms with Crippen LogP contribution in [-0.4, -0.2) is 39.3 Å². The number of nitrogens with one attached hydrogen (secondary N) is 1. The zero-order valence-corrected chi connectivity index (χ0v) is 15.0. The molecule has 0 saturated heterocycles. The zero-order valence-electron chi connectivity index (χ0n) is 15.0. The molecule has 0 radical (unpaired) electrons. The van der Waals surface area contributed by atoms with E-state index in [0.29, 0.717) is 23.9 Å². The fourth-order valence-electron chi connectivity index (χ4n) is 2.67. The Morgan fingerprint density at radius 3 is 2.62 bits per heavy atom. The standard InChI is InChI=1S/C19H21N5O2/c1-13(15-7-5-4-6-8-15)11-21-19(25)18-23-22-14(2)24(18)16-9-10-17(26-3)20-12-16/h4-10,12-13H,11H2,1-3H3,(H,21,25)/t13-/m1/s1. The molecule has 0 fully saturated rings. The van der Waals surface area contributed by atoms with Crippen molar-refractivity contribution in [2.24, 2.45) is 0 Å². The lowest BCUT2D eigenvalue weighted by Gasteiger charge is -2.13. The van der Waals surface area contributed by atoms with Crippen LogP contribution < -0.4 is 10.1 Å². The molecule has 0 aliphatic carbocycles. The fourth-order valence-corrected chi connectivity index (χ4v) is 2.67. The van der Waals surface area contributed by atoms with Gasteiger partial charge in [0.1, 0.15) is 5.82 Å². The van der Waals surface area contributed by atoms with Crippen LogP contribution in [0.5, 0.6) is 5.88 Å². The molecule has 3 aromatic rings. The van der Waals surface area contributed by atoms with Crippen LogP contribution in [0.1, 0.15) is 34.8 Å². The molecule has 0 aliphatic heterocycles. The molecule has 134 valence electrons. The van der Waals surface area contributed by atoms with Gasteiger partial charge in [-0.05, 0) is 24.5 Å². The highest BCUT2D eigenvalue weighted by Crippen LogP contribution is 2.16. The predicted molar refractivity (Wildman–Crippen MR) is 97.6 cm³/mol. The number of pyridine rings is 1. The van der Waals surface area contributed by atoms with Gasteiger partial charge in [0.25, 0.3) is 5.91 Å². The molecule has 0 spiro atoms. The van der Waals surface area contributed by atoms with Gasteiger partial charge in [-0.25, -0.2) is 4.98 Å². The summed E-state index contributed by atoms with van der Waals surface area (Å²) in [5.41, 5.74) is 1.87. The Bertz CT molecular complexity index is 875. The van der Waals surface area contributed by atoms with Crippen LogP contribution in [-0.2, 0) is 0 Å². The molecular formula is C19H21N5O2. The normalized spacial score (nSPS) is 11.8. The Kier molecular flexibility index (Phi) is 5.26. The maximum absolute atomic E-state index is 12.6. The van der Waals surface area contributed by atoms with E-state index in [1.165, 1.54) is 5.56 Å². The van der Waals surface area contributed by atoms with Crippen molar-refractivity contribution in [3.8, 4) is 11.6 Å². The smallest absolute Gasteiger partial charge is 0.289 e. The summed E-state index contributed by atoms with van der Waals surface area (Å²) in [6.45, 7) is 4.37. The molecule has 0 saturated carbocycles. The molecule has 1 amide bonds. The second-order valence-corrected chi connectivity index (χ2v) is 5.99. The van der Waals surface area contributed by atoms with E-state index in [1.807, 2.05) is 36.4 Å². The molecule has 0 bridgehead atoms. The van der Waals surface area contributed by atoms with Gasteiger partial charge in [-0.2, -0.15) is 0 Å². The molecule has 26 heavy (non-hydrogen) atoms. The molecule has 0 unspecified atom stereocenters. The molecule has 2 aromatic heterocycles. The first-order chi connectivity index (χ1) is 12.6. The van der Waals surface area contributed by atoms with E-state index in [1.54, 1.807) is 30.9 Å². The van der Waals surface area contributed by atoms with Crippen LogP contribution in [0.2, 0.25) is 0 Å². The van der Waals surface area contributed by atoms with Crippen molar-refractivity contribution in [3.63, 3.8) is 0 Å². The zero-order chi connectivity index (χ0) is 18.5. The molecule has 1 aromatic carbocycles. The van der Waals surface area contributed by atoms with E-state index >= 15 is 0 Å². The van der Waals surface area contributed by atoms with Crippen LogP contribution in [0.25, 0.3) is 5.69 Å². The Labute approximate surface area is 152 Å². The summed E-state index contributed by atoms with van der Waals surface area (Å²) in [6.07, 6.45) is 1.62. The predicted octanol–water partition coefficient (Wildman–Crippen LogP) is 2.51. The van der Waals surface area contributed by atoms with Crippen LogP contribution in [0.15, 0.2) is 48.7 Å². The van der Waals surface area contributed by atoms with Gasteiger partial charge in [-0.15, -0.1) is 10.2 Å². The molecule has 2 heterocycles. The number of aromatic nitrogens is 4. The maximum Gasteiger partial charge on any atom is 0.289 e. The van der Waals surface area contributed by atoms with Crippen molar-refractivity contribution in [1.29, 1.82) is 0 Å². The van der Waals surface area contributed by atoms with Crippen molar-refractivity contribution in [3.05, 3.63) is 65.9 Å². The van der Waals surface area contributed by atoms with Gasteiger partial charge in [0.15, 0.2) is 0 Å². The third kappa shape index (κ3) is 3.72. The summed E-state index contributed by atoms with van der Waals surface area (Å²) in [5.74, 6) is 1.26. The SMILES string of the molecule is COc1ccc(-n2c(C)nnc2C(=O)NC[C@@H](C)c2ccccc2)cn1. The summed E-state index contributed by atoms with van der Waals surface area (Å²) >= 11 is 0. The number of methoxy groups -OCH3 is 1. The van der Waals surface area contributed by atoms with E-state index in [4.69, 9.17) is 4.74 Å². The van der Waals surface area contributed by atoms with E-state index in [9.17, 15) is 4.79 Å². The average molecular weight is 351 g/mol. The van der Waals surface area contributed by atoms with Crippen molar-refractivity contribution < 1.29 is 9.53 Å². The molecule has 0 aliphatic rings. The number of benzene rings is 1. The summed E-state index contributed by atoms with van der Waals surface area (Å²) in [4.78, 5) is 16.8. The van der Waals surface area contributed by atoms with Gasteiger partial charge < -0.3 is 10.1 Å². The van der Waals surface area contributed by atoms with E-state index in [0.717, 1.165) is 0 Å². The minimum Gasteiger partial charge on any atom is -0.481 e. The number of carbonyl (C=O) groups is 1. The Morgan fingerprint density at radius 1 is 1.19 bits per heavy atom. The van der Waals surface area contributed by atoms with E-state index in [2.05, 4.69) is 27.4 Å². The van der Waals surface area contributed by atoms with Gasteiger partial charge in [-0.3, -0.25) is 9.36 Å². The first kappa shape index (κ1) is 17.6. The first-order valence-corrected chi connectivity index (χ1v) is 8.35. The number of nitrogens with zero attached hydrogens (tertiary/aromatic N) is 4. The van der Waals surface area contributed by atoms with E-state index < -0.39 is 0 Å². The van der Waals surface area contributed by atoms with Gasteiger partial charge in [-0.1, -0.05) is 37.3 Å². The number of aryl methyl sites for hydroxylation is 1. The van der Waals surface area contributed by atoms with Gasteiger partial charge in [0.2, 0.25) is 11.7 Å². The third-order valence-electron chi connectivity index (χ3n) is 4.15. The topological polar surface area (TPSA) is 81.9 Å². The second-order valence-electron chi connectivity index (χ2n) is 5.99. The van der Waals surface area contributed by atoms with Gasteiger partial charge in [0, 0.05) is 12.6 Å². The number of hydrogen-bond donors (Lipinski definition) is 1. The van der Waals surface area contributed by atoms with Crippen molar-refractivity contribution in [2.75, 3.05) is 13.7 Å². The minimum atomic E-state index is -0.274. The monoisotopic (exact) mass is 351 g/mol. The van der Waals surface area contributed by atoms with Crippen molar-refractivity contribution >= 4 is 5.91 Å². The minimum absolute atomic E-state index is 0.195. The van der Waals surface area contributed by atoms with Crippen molar-refractivity contribution in [2.45, 2.75) is 19.8 Å².